The minimum absolute atomic E-state index is 0.585. The summed E-state index contributed by atoms with van der Waals surface area (Å²) in [5.41, 5.74) is 2.14. The van der Waals surface area contributed by atoms with Gasteiger partial charge in [-0.3, -0.25) is 0 Å². The molecule has 0 saturated carbocycles. The highest BCUT2D eigenvalue weighted by atomic mass is 15.2. The molecule has 0 spiro atoms. The zero-order chi connectivity index (χ0) is 15.6. The largest absolute Gasteiger partial charge is 0.316 e. The third-order valence-corrected chi connectivity index (χ3v) is 5.54. The predicted molar refractivity (Wildman–Crippen MR) is 92.6 cm³/mol. The van der Waals surface area contributed by atoms with Crippen molar-refractivity contribution in [3.8, 4) is 0 Å². The molecule has 0 aliphatic carbocycles. The van der Waals surface area contributed by atoms with Crippen molar-refractivity contribution in [1.82, 2.24) is 24.8 Å². The number of hydrogen-bond donors (Lipinski definition) is 1. The van der Waals surface area contributed by atoms with Crippen LogP contribution in [-0.2, 0) is 6.54 Å². The van der Waals surface area contributed by atoms with E-state index < -0.39 is 0 Å². The molecule has 0 radical (unpaired) electrons. The fourth-order valence-electron chi connectivity index (χ4n) is 4.10. The Morgan fingerprint density at radius 1 is 1.26 bits per heavy atom. The van der Waals surface area contributed by atoms with Crippen LogP contribution in [0.3, 0.4) is 0 Å². The molecule has 2 aromatic rings. The van der Waals surface area contributed by atoms with Crippen molar-refractivity contribution in [1.29, 1.82) is 0 Å². The zero-order valence-corrected chi connectivity index (χ0v) is 14.0. The fourth-order valence-corrected chi connectivity index (χ4v) is 4.10. The molecule has 0 aromatic carbocycles. The van der Waals surface area contributed by atoms with Crippen LogP contribution in [0.25, 0.3) is 11.2 Å². The van der Waals surface area contributed by atoms with Gasteiger partial charge in [0.1, 0.15) is 11.3 Å². The molecule has 2 saturated heterocycles. The Morgan fingerprint density at radius 2 is 2.13 bits per heavy atom. The third-order valence-electron chi connectivity index (χ3n) is 5.54. The summed E-state index contributed by atoms with van der Waals surface area (Å²) >= 11 is 0. The molecule has 1 N–H and O–H groups in total. The van der Waals surface area contributed by atoms with Gasteiger partial charge >= 0.3 is 0 Å². The SMILES string of the molecule is CCN1CCC(c2nc3cccnc3n2CC2CCNC2)CC1. The molecule has 124 valence electrons. The Hall–Kier alpha value is -1.46. The normalized spacial score (nSPS) is 23.8. The summed E-state index contributed by atoms with van der Waals surface area (Å²) in [7, 11) is 0. The minimum atomic E-state index is 0.585. The van der Waals surface area contributed by atoms with E-state index in [-0.39, 0.29) is 0 Å². The molecule has 1 atom stereocenters. The van der Waals surface area contributed by atoms with Crippen molar-refractivity contribution in [2.75, 3.05) is 32.7 Å². The quantitative estimate of drug-likeness (QED) is 0.940. The lowest BCUT2D eigenvalue weighted by atomic mass is 9.95. The second kappa shape index (κ2) is 6.57. The maximum absolute atomic E-state index is 4.99. The highest BCUT2D eigenvalue weighted by molar-refractivity contribution is 5.71. The van der Waals surface area contributed by atoms with E-state index >= 15 is 0 Å². The van der Waals surface area contributed by atoms with Crippen LogP contribution in [0.5, 0.6) is 0 Å². The van der Waals surface area contributed by atoms with Crippen LogP contribution in [0.4, 0.5) is 0 Å². The van der Waals surface area contributed by atoms with Crippen LogP contribution < -0.4 is 5.32 Å². The summed E-state index contributed by atoms with van der Waals surface area (Å²) in [6.45, 7) is 9.15. The summed E-state index contributed by atoms with van der Waals surface area (Å²) in [6, 6.07) is 4.11. The van der Waals surface area contributed by atoms with E-state index in [0.717, 1.165) is 30.8 Å². The van der Waals surface area contributed by atoms with Gasteiger partial charge in [0.2, 0.25) is 0 Å². The van der Waals surface area contributed by atoms with Gasteiger partial charge in [-0.05, 0) is 70.0 Å². The van der Waals surface area contributed by atoms with Crippen molar-refractivity contribution >= 4 is 11.2 Å². The molecular weight excluding hydrogens is 286 g/mol. The lowest BCUT2D eigenvalue weighted by Gasteiger charge is -2.31. The Labute approximate surface area is 138 Å². The smallest absolute Gasteiger partial charge is 0.160 e. The standard InChI is InChI=1S/C18H27N5/c1-2-22-10-6-15(7-11-22)17-21-16-4-3-8-20-18(16)23(17)13-14-5-9-19-12-14/h3-4,8,14-15,19H,2,5-7,9-13H2,1H3. The van der Waals surface area contributed by atoms with E-state index in [2.05, 4.69) is 32.8 Å². The molecule has 0 amide bonds. The van der Waals surface area contributed by atoms with Gasteiger partial charge in [-0.15, -0.1) is 0 Å². The van der Waals surface area contributed by atoms with E-state index in [1.807, 2.05) is 12.3 Å². The first kappa shape index (κ1) is 15.1. The maximum atomic E-state index is 4.99. The van der Waals surface area contributed by atoms with Gasteiger partial charge in [-0.2, -0.15) is 0 Å². The minimum Gasteiger partial charge on any atom is -0.316 e. The number of aromatic nitrogens is 3. The van der Waals surface area contributed by atoms with Gasteiger partial charge < -0.3 is 14.8 Å². The van der Waals surface area contributed by atoms with E-state index in [9.17, 15) is 0 Å². The number of likely N-dealkylation sites (tertiary alicyclic amines) is 1. The molecular formula is C18H27N5. The van der Waals surface area contributed by atoms with Crippen molar-refractivity contribution in [2.45, 2.75) is 38.6 Å². The third kappa shape index (κ3) is 3.00. The van der Waals surface area contributed by atoms with Crippen LogP contribution >= 0.6 is 0 Å². The second-order valence-electron chi connectivity index (χ2n) is 6.99. The van der Waals surface area contributed by atoms with Gasteiger partial charge in [0, 0.05) is 18.7 Å². The number of piperidine rings is 1. The lowest BCUT2D eigenvalue weighted by molar-refractivity contribution is 0.216. The molecule has 4 heterocycles. The average Bonchev–Trinajstić information content (AvgIpc) is 3.24. The fraction of sp³-hybridized carbons (Fsp3) is 0.667. The monoisotopic (exact) mass is 313 g/mol. The maximum Gasteiger partial charge on any atom is 0.160 e. The molecule has 2 aliphatic rings. The van der Waals surface area contributed by atoms with Crippen LogP contribution in [0.15, 0.2) is 18.3 Å². The number of imidazole rings is 1. The molecule has 2 fully saturated rings. The Kier molecular flexibility index (Phi) is 4.31. The first-order chi connectivity index (χ1) is 11.3. The summed E-state index contributed by atoms with van der Waals surface area (Å²) in [6.07, 6.45) is 5.61. The van der Waals surface area contributed by atoms with Crippen molar-refractivity contribution in [3.05, 3.63) is 24.2 Å². The lowest BCUT2D eigenvalue weighted by Crippen LogP contribution is -2.33. The van der Waals surface area contributed by atoms with Crippen molar-refractivity contribution in [2.24, 2.45) is 5.92 Å². The van der Waals surface area contributed by atoms with Gasteiger partial charge in [0.25, 0.3) is 0 Å². The Balaban J connectivity index is 1.64. The second-order valence-corrected chi connectivity index (χ2v) is 6.99. The van der Waals surface area contributed by atoms with E-state index in [1.54, 1.807) is 0 Å². The van der Waals surface area contributed by atoms with E-state index in [1.165, 1.54) is 44.7 Å². The number of nitrogens with one attached hydrogen (secondary N) is 1. The number of nitrogens with zero attached hydrogens (tertiary/aromatic N) is 4. The van der Waals surface area contributed by atoms with Crippen molar-refractivity contribution < 1.29 is 0 Å². The summed E-state index contributed by atoms with van der Waals surface area (Å²) < 4.78 is 2.43. The molecule has 1 unspecified atom stereocenters. The number of rotatable bonds is 4. The van der Waals surface area contributed by atoms with Gasteiger partial charge in [-0.1, -0.05) is 6.92 Å². The topological polar surface area (TPSA) is 46.0 Å². The van der Waals surface area contributed by atoms with Crippen LogP contribution in [0.1, 0.15) is 37.9 Å². The first-order valence-electron chi connectivity index (χ1n) is 9.09. The van der Waals surface area contributed by atoms with Crippen LogP contribution in [0.2, 0.25) is 0 Å². The Bertz CT molecular complexity index is 650. The number of fused-ring (bicyclic) bond motifs is 1. The molecule has 5 heteroatoms. The average molecular weight is 313 g/mol. The zero-order valence-electron chi connectivity index (χ0n) is 14.0. The molecule has 4 rings (SSSR count). The van der Waals surface area contributed by atoms with Crippen molar-refractivity contribution in [3.63, 3.8) is 0 Å². The van der Waals surface area contributed by atoms with Crippen LogP contribution in [0, 0.1) is 5.92 Å². The Morgan fingerprint density at radius 3 is 2.87 bits per heavy atom. The number of hydrogen-bond acceptors (Lipinski definition) is 4. The van der Waals surface area contributed by atoms with Crippen LogP contribution in [-0.4, -0.2) is 52.2 Å². The molecule has 2 aliphatic heterocycles. The van der Waals surface area contributed by atoms with Gasteiger partial charge in [0.05, 0.1) is 0 Å². The highest BCUT2D eigenvalue weighted by Gasteiger charge is 2.27. The van der Waals surface area contributed by atoms with E-state index in [4.69, 9.17) is 4.98 Å². The summed E-state index contributed by atoms with van der Waals surface area (Å²) in [5, 5.41) is 3.48. The van der Waals surface area contributed by atoms with E-state index in [0.29, 0.717) is 11.8 Å². The highest BCUT2D eigenvalue weighted by Crippen LogP contribution is 2.30. The summed E-state index contributed by atoms with van der Waals surface area (Å²) in [5.74, 6) is 2.58. The summed E-state index contributed by atoms with van der Waals surface area (Å²) in [4.78, 5) is 12.2. The first-order valence-corrected chi connectivity index (χ1v) is 9.09. The van der Waals surface area contributed by atoms with Gasteiger partial charge in [0.15, 0.2) is 5.65 Å². The number of pyridine rings is 1. The molecule has 0 bridgehead atoms. The molecule has 2 aromatic heterocycles. The predicted octanol–water partition coefficient (Wildman–Crippen LogP) is 2.24. The molecule has 23 heavy (non-hydrogen) atoms. The van der Waals surface area contributed by atoms with Gasteiger partial charge in [-0.25, -0.2) is 9.97 Å². The molecule has 5 nitrogen and oxygen atoms in total.